The molecule has 1 aliphatic heterocycles. The summed E-state index contributed by atoms with van der Waals surface area (Å²) in [6.45, 7) is 4.51. The summed E-state index contributed by atoms with van der Waals surface area (Å²) in [5, 5.41) is 6.24. The maximum absolute atomic E-state index is 12.2. The van der Waals surface area contributed by atoms with E-state index >= 15 is 0 Å². The maximum Gasteiger partial charge on any atom is 0.315 e. The number of hydrogen-bond acceptors (Lipinski definition) is 4. The minimum atomic E-state index is -0.450. The number of esters is 1. The average Bonchev–Trinajstić information content (AvgIpc) is 2.62. The molecule has 1 atom stereocenters. The average molecular weight is 369 g/mol. The molecule has 0 radical (unpaired) electrons. The van der Waals surface area contributed by atoms with Gasteiger partial charge in [-0.25, -0.2) is 0 Å². The van der Waals surface area contributed by atoms with E-state index in [0.29, 0.717) is 18.9 Å². The highest BCUT2D eigenvalue weighted by Crippen LogP contribution is 2.19. The number of carbonyl (C=O) groups is 2. The van der Waals surface area contributed by atoms with E-state index < -0.39 is 5.92 Å². The Morgan fingerprint density at radius 3 is 2.56 bits per heavy atom. The Morgan fingerprint density at radius 2 is 1.92 bits per heavy atom. The number of hydrogen-bond donors (Lipinski definition) is 2. The van der Waals surface area contributed by atoms with Gasteiger partial charge in [0, 0.05) is 13.0 Å². The topological polar surface area (TPSA) is 67.4 Å². The highest BCUT2D eigenvalue weighted by atomic mass is 35.5. The van der Waals surface area contributed by atoms with Crippen LogP contribution in [0.25, 0.3) is 0 Å². The van der Waals surface area contributed by atoms with Gasteiger partial charge in [-0.2, -0.15) is 0 Å². The van der Waals surface area contributed by atoms with E-state index in [1.165, 1.54) is 0 Å². The van der Waals surface area contributed by atoms with Gasteiger partial charge in [0.1, 0.15) is 0 Å². The molecule has 1 aliphatic rings. The van der Waals surface area contributed by atoms with Gasteiger partial charge in [-0.05, 0) is 50.8 Å². The van der Waals surface area contributed by atoms with Crippen molar-refractivity contribution in [3.05, 3.63) is 35.9 Å². The normalized spacial score (nSPS) is 15.7. The Balaban J connectivity index is 0.00000312. The van der Waals surface area contributed by atoms with E-state index in [1.54, 1.807) is 6.92 Å². The molecule has 1 aromatic carbocycles. The molecule has 1 fully saturated rings. The fourth-order valence-electron chi connectivity index (χ4n) is 3.08. The Labute approximate surface area is 156 Å². The van der Waals surface area contributed by atoms with Crippen LogP contribution in [0.2, 0.25) is 0 Å². The number of benzene rings is 1. The van der Waals surface area contributed by atoms with Crippen molar-refractivity contribution in [3.8, 4) is 0 Å². The number of halogens is 1. The SMILES string of the molecule is CCOC(=O)C(CNC(=O)CCC1CCNCC1)c1ccccc1.Cl. The molecule has 6 heteroatoms. The molecule has 0 aliphatic carbocycles. The first-order valence-corrected chi connectivity index (χ1v) is 8.89. The van der Waals surface area contributed by atoms with Crippen LogP contribution in [-0.4, -0.2) is 38.1 Å². The molecule has 1 aromatic rings. The largest absolute Gasteiger partial charge is 0.465 e. The molecule has 0 aromatic heterocycles. The van der Waals surface area contributed by atoms with Crippen LogP contribution < -0.4 is 10.6 Å². The third-order valence-electron chi connectivity index (χ3n) is 4.51. The lowest BCUT2D eigenvalue weighted by Gasteiger charge is -2.22. The molecule has 2 rings (SSSR count). The molecule has 5 nitrogen and oxygen atoms in total. The number of ether oxygens (including phenoxy) is 1. The van der Waals surface area contributed by atoms with Gasteiger partial charge < -0.3 is 15.4 Å². The van der Waals surface area contributed by atoms with Crippen molar-refractivity contribution in [1.82, 2.24) is 10.6 Å². The van der Waals surface area contributed by atoms with Gasteiger partial charge >= 0.3 is 5.97 Å². The van der Waals surface area contributed by atoms with Crippen LogP contribution >= 0.6 is 12.4 Å². The first kappa shape index (κ1) is 21.5. The van der Waals surface area contributed by atoms with Crippen molar-refractivity contribution in [2.45, 2.75) is 38.5 Å². The Morgan fingerprint density at radius 1 is 1.24 bits per heavy atom. The van der Waals surface area contributed by atoms with E-state index in [4.69, 9.17) is 4.74 Å². The molecule has 0 spiro atoms. The van der Waals surface area contributed by atoms with Crippen molar-refractivity contribution in [2.24, 2.45) is 5.92 Å². The summed E-state index contributed by atoms with van der Waals surface area (Å²) in [6.07, 6.45) is 3.73. The predicted molar refractivity (Wildman–Crippen MR) is 101 cm³/mol. The Hall–Kier alpha value is -1.59. The van der Waals surface area contributed by atoms with Crippen LogP contribution in [0.1, 0.15) is 44.1 Å². The van der Waals surface area contributed by atoms with Crippen molar-refractivity contribution in [3.63, 3.8) is 0 Å². The molecule has 25 heavy (non-hydrogen) atoms. The number of carbonyl (C=O) groups excluding carboxylic acids is 2. The lowest BCUT2D eigenvalue weighted by Crippen LogP contribution is -2.33. The molecule has 1 heterocycles. The molecular weight excluding hydrogens is 340 g/mol. The van der Waals surface area contributed by atoms with Gasteiger partial charge in [0.25, 0.3) is 0 Å². The molecule has 0 bridgehead atoms. The van der Waals surface area contributed by atoms with Gasteiger partial charge in [-0.1, -0.05) is 30.3 Å². The van der Waals surface area contributed by atoms with Crippen LogP contribution in [0.5, 0.6) is 0 Å². The molecule has 1 amide bonds. The molecule has 1 unspecified atom stereocenters. The second kappa shape index (κ2) is 11.9. The number of nitrogens with one attached hydrogen (secondary N) is 2. The first-order chi connectivity index (χ1) is 11.7. The fraction of sp³-hybridized carbons (Fsp3) is 0.579. The predicted octanol–water partition coefficient (Wildman–Crippen LogP) is 2.65. The van der Waals surface area contributed by atoms with E-state index in [1.807, 2.05) is 30.3 Å². The zero-order chi connectivity index (χ0) is 17.2. The third-order valence-corrected chi connectivity index (χ3v) is 4.51. The summed E-state index contributed by atoms with van der Waals surface area (Å²) in [6, 6.07) is 9.47. The van der Waals surface area contributed by atoms with Crippen molar-refractivity contribution >= 4 is 24.3 Å². The standard InChI is InChI=1S/C19H28N2O3.ClH/c1-2-24-19(23)17(16-6-4-3-5-7-16)14-21-18(22)9-8-15-10-12-20-13-11-15;/h3-7,15,17,20H,2,8-14H2,1H3,(H,21,22);1H. The highest BCUT2D eigenvalue weighted by molar-refractivity contribution is 5.85. The Kier molecular flexibility index (Phi) is 10.2. The molecular formula is C19H29ClN2O3. The summed E-state index contributed by atoms with van der Waals surface area (Å²) >= 11 is 0. The second-order valence-corrected chi connectivity index (χ2v) is 6.25. The summed E-state index contributed by atoms with van der Waals surface area (Å²) in [5.41, 5.74) is 0.870. The minimum Gasteiger partial charge on any atom is -0.465 e. The van der Waals surface area contributed by atoms with E-state index in [9.17, 15) is 9.59 Å². The molecule has 0 saturated carbocycles. The van der Waals surface area contributed by atoms with Gasteiger partial charge in [0.05, 0.1) is 12.5 Å². The summed E-state index contributed by atoms with van der Waals surface area (Å²) in [5.74, 6) is -0.0953. The Bertz CT molecular complexity index is 519. The smallest absolute Gasteiger partial charge is 0.315 e. The van der Waals surface area contributed by atoms with Gasteiger partial charge in [0.15, 0.2) is 0 Å². The van der Waals surface area contributed by atoms with Crippen molar-refractivity contribution in [1.29, 1.82) is 0 Å². The zero-order valence-corrected chi connectivity index (χ0v) is 15.6. The summed E-state index contributed by atoms with van der Waals surface area (Å²) in [4.78, 5) is 24.3. The lowest BCUT2D eigenvalue weighted by molar-refractivity contribution is -0.144. The summed E-state index contributed by atoms with van der Waals surface area (Å²) in [7, 11) is 0. The van der Waals surface area contributed by atoms with Crippen molar-refractivity contribution < 1.29 is 14.3 Å². The first-order valence-electron chi connectivity index (χ1n) is 8.89. The van der Waals surface area contributed by atoms with Gasteiger partial charge in [-0.3, -0.25) is 9.59 Å². The summed E-state index contributed by atoms with van der Waals surface area (Å²) < 4.78 is 5.15. The van der Waals surface area contributed by atoms with Crippen LogP contribution in [-0.2, 0) is 14.3 Å². The van der Waals surface area contributed by atoms with Crippen LogP contribution in [0.3, 0.4) is 0 Å². The van der Waals surface area contributed by atoms with E-state index in [2.05, 4.69) is 10.6 Å². The third kappa shape index (κ3) is 7.45. The van der Waals surface area contributed by atoms with Gasteiger partial charge in [0.2, 0.25) is 5.91 Å². The van der Waals surface area contributed by atoms with E-state index in [0.717, 1.165) is 37.9 Å². The molecule has 2 N–H and O–H groups in total. The van der Waals surface area contributed by atoms with E-state index in [-0.39, 0.29) is 30.8 Å². The zero-order valence-electron chi connectivity index (χ0n) is 14.8. The van der Waals surface area contributed by atoms with Crippen LogP contribution in [0, 0.1) is 5.92 Å². The monoisotopic (exact) mass is 368 g/mol. The van der Waals surface area contributed by atoms with Crippen molar-refractivity contribution in [2.75, 3.05) is 26.2 Å². The second-order valence-electron chi connectivity index (χ2n) is 6.25. The van der Waals surface area contributed by atoms with Crippen LogP contribution in [0.15, 0.2) is 30.3 Å². The quantitative estimate of drug-likeness (QED) is 0.692. The molecule has 1 saturated heterocycles. The molecule has 140 valence electrons. The minimum absolute atomic E-state index is 0. The highest BCUT2D eigenvalue weighted by Gasteiger charge is 2.23. The van der Waals surface area contributed by atoms with Crippen LogP contribution in [0.4, 0.5) is 0 Å². The lowest BCUT2D eigenvalue weighted by atomic mass is 9.93. The number of amides is 1. The number of rotatable bonds is 8. The fourth-order valence-corrected chi connectivity index (χ4v) is 3.08. The number of piperidine rings is 1. The maximum atomic E-state index is 12.2. The van der Waals surface area contributed by atoms with Gasteiger partial charge in [-0.15, -0.1) is 12.4 Å².